The van der Waals surface area contributed by atoms with Gasteiger partial charge >= 0.3 is 5.97 Å². The molecule has 1 aliphatic heterocycles. The summed E-state index contributed by atoms with van der Waals surface area (Å²) >= 11 is 0. The van der Waals surface area contributed by atoms with Crippen LogP contribution >= 0.6 is 0 Å². The standard InChI is InChI=1S/C22H26N2O3/c1-14-19(22(26)27-16-6-3-2-4-7-16)20(15-10-12-23-13-11-15)21-17(24-14)8-5-9-18(21)25/h10-13,16,20,24H,2-9H2,1H3/p+1. The maximum absolute atomic E-state index is 13.2. The molecule has 5 heteroatoms. The molecule has 0 amide bonds. The number of ketones is 1. The lowest BCUT2D eigenvalue weighted by Crippen LogP contribution is -2.35. The third-order valence-corrected chi connectivity index (χ3v) is 5.90. The van der Waals surface area contributed by atoms with Crippen molar-refractivity contribution in [3.05, 3.63) is 52.6 Å². The van der Waals surface area contributed by atoms with Crippen LogP contribution in [0.25, 0.3) is 0 Å². The van der Waals surface area contributed by atoms with Gasteiger partial charge in [0.25, 0.3) is 0 Å². The number of carbonyl (C=O) groups is 2. The van der Waals surface area contributed by atoms with Gasteiger partial charge in [-0.15, -0.1) is 0 Å². The van der Waals surface area contributed by atoms with Crippen LogP contribution in [0, 0.1) is 0 Å². The molecule has 4 rings (SSSR count). The second-order valence-electron chi connectivity index (χ2n) is 7.76. The number of H-pyrrole nitrogens is 1. The van der Waals surface area contributed by atoms with E-state index in [0.29, 0.717) is 12.0 Å². The lowest BCUT2D eigenvalue weighted by atomic mass is 9.75. The van der Waals surface area contributed by atoms with Crippen molar-refractivity contribution in [1.82, 2.24) is 5.32 Å². The number of allylic oxidation sites excluding steroid dienone is 3. The zero-order valence-corrected chi connectivity index (χ0v) is 15.8. The molecule has 0 saturated heterocycles. The van der Waals surface area contributed by atoms with Gasteiger partial charge < -0.3 is 10.1 Å². The van der Waals surface area contributed by atoms with Crippen LogP contribution in [0.15, 0.2) is 47.1 Å². The van der Waals surface area contributed by atoms with Crippen molar-refractivity contribution in [3.63, 3.8) is 0 Å². The fourth-order valence-electron chi connectivity index (χ4n) is 4.58. The number of rotatable bonds is 3. The summed E-state index contributed by atoms with van der Waals surface area (Å²) in [6, 6.07) is 3.90. The number of aromatic amines is 1. The first-order valence-electron chi connectivity index (χ1n) is 10.1. The number of ether oxygens (including phenoxy) is 1. The lowest BCUT2D eigenvalue weighted by Gasteiger charge is -2.34. The molecule has 0 radical (unpaired) electrons. The van der Waals surface area contributed by atoms with Crippen molar-refractivity contribution in [1.29, 1.82) is 0 Å². The Labute approximate surface area is 159 Å². The molecule has 0 spiro atoms. The van der Waals surface area contributed by atoms with E-state index in [1.54, 1.807) is 0 Å². The number of pyridine rings is 1. The summed E-state index contributed by atoms with van der Waals surface area (Å²) in [5.74, 6) is -0.494. The van der Waals surface area contributed by atoms with Crippen molar-refractivity contribution in [3.8, 4) is 0 Å². The maximum atomic E-state index is 13.2. The molecule has 2 N–H and O–H groups in total. The molecule has 0 aromatic carbocycles. The number of nitrogens with one attached hydrogen (secondary N) is 2. The second kappa shape index (κ2) is 7.67. The van der Waals surface area contributed by atoms with Crippen LogP contribution in [0.2, 0.25) is 0 Å². The average molecular weight is 367 g/mol. The molecule has 2 heterocycles. The van der Waals surface area contributed by atoms with E-state index in [9.17, 15) is 9.59 Å². The van der Waals surface area contributed by atoms with Gasteiger partial charge in [-0.3, -0.25) is 4.79 Å². The Hall–Kier alpha value is -2.43. The predicted octanol–water partition coefficient (Wildman–Crippen LogP) is 3.34. The number of hydrogen-bond acceptors (Lipinski definition) is 4. The molecule has 1 unspecified atom stereocenters. The monoisotopic (exact) mass is 367 g/mol. The minimum atomic E-state index is -0.347. The fourth-order valence-corrected chi connectivity index (χ4v) is 4.58. The van der Waals surface area contributed by atoms with Crippen molar-refractivity contribution < 1.29 is 19.3 Å². The number of esters is 1. The molecular formula is C22H27N2O3+. The Morgan fingerprint density at radius 1 is 1.11 bits per heavy atom. The van der Waals surface area contributed by atoms with Crippen LogP contribution in [-0.2, 0) is 14.3 Å². The largest absolute Gasteiger partial charge is 0.459 e. The molecule has 3 aliphatic rings. The third kappa shape index (κ3) is 3.55. The number of carbonyl (C=O) groups excluding carboxylic acids is 2. The Bertz CT molecular complexity index is 804. The van der Waals surface area contributed by atoms with E-state index in [2.05, 4.69) is 10.3 Å². The number of aromatic nitrogens is 1. The lowest BCUT2D eigenvalue weighted by molar-refractivity contribution is -0.378. The van der Waals surface area contributed by atoms with Crippen LogP contribution in [-0.4, -0.2) is 17.9 Å². The maximum Gasteiger partial charge on any atom is 0.337 e. The van der Waals surface area contributed by atoms with E-state index in [1.807, 2.05) is 31.5 Å². The van der Waals surface area contributed by atoms with Crippen molar-refractivity contribution >= 4 is 11.8 Å². The smallest absolute Gasteiger partial charge is 0.337 e. The molecule has 142 valence electrons. The van der Waals surface area contributed by atoms with Gasteiger partial charge in [0.1, 0.15) is 6.10 Å². The Balaban J connectivity index is 1.71. The molecule has 1 fully saturated rings. The number of Topliss-reactive ketones (excluding diaryl/α,β-unsaturated/α-hetero) is 1. The highest BCUT2D eigenvalue weighted by atomic mass is 16.5. The summed E-state index contributed by atoms with van der Waals surface area (Å²) in [7, 11) is 0. The quantitative estimate of drug-likeness (QED) is 0.832. The molecular weight excluding hydrogens is 340 g/mol. The SMILES string of the molecule is CC1=C(C(=O)OC2CCCCC2)C(c2cc[nH+]cc2)C2=C(CCCC2=O)N1. The van der Waals surface area contributed by atoms with Crippen LogP contribution in [0.1, 0.15) is 69.8 Å². The molecule has 1 atom stereocenters. The summed E-state index contributed by atoms with van der Waals surface area (Å²) in [4.78, 5) is 29.0. The Morgan fingerprint density at radius 2 is 1.85 bits per heavy atom. The summed E-state index contributed by atoms with van der Waals surface area (Å²) in [5.41, 5.74) is 4.06. The first-order valence-corrected chi connectivity index (χ1v) is 10.1. The van der Waals surface area contributed by atoms with Crippen LogP contribution in [0.3, 0.4) is 0 Å². The zero-order valence-electron chi connectivity index (χ0n) is 15.8. The van der Waals surface area contributed by atoms with Gasteiger partial charge in [0.2, 0.25) is 0 Å². The van der Waals surface area contributed by atoms with Gasteiger partial charge in [-0.25, -0.2) is 9.78 Å². The van der Waals surface area contributed by atoms with Crippen LogP contribution in [0.5, 0.6) is 0 Å². The topological polar surface area (TPSA) is 69.5 Å². The van der Waals surface area contributed by atoms with E-state index < -0.39 is 0 Å². The van der Waals surface area contributed by atoms with Crippen LogP contribution < -0.4 is 10.3 Å². The van der Waals surface area contributed by atoms with Crippen molar-refractivity contribution in [2.75, 3.05) is 0 Å². The van der Waals surface area contributed by atoms with Crippen molar-refractivity contribution in [2.24, 2.45) is 0 Å². The molecule has 1 saturated carbocycles. The van der Waals surface area contributed by atoms with Gasteiger partial charge in [-0.05, 0) is 51.0 Å². The molecule has 0 bridgehead atoms. The minimum Gasteiger partial charge on any atom is -0.459 e. The molecule has 1 aromatic heterocycles. The van der Waals surface area contributed by atoms with Crippen molar-refractivity contribution in [2.45, 2.75) is 70.3 Å². The molecule has 2 aliphatic carbocycles. The fraction of sp³-hybridized carbons (Fsp3) is 0.500. The number of dihydropyridines is 1. The average Bonchev–Trinajstić information content (AvgIpc) is 2.68. The third-order valence-electron chi connectivity index (χ3n) is 5.90. The van der Waals surface area contributed by atoms with E-state index in [-0.39, 0.29) is 23.8 Å². The predicted molar refractivity (Wildman–Crippen MR) is 100 cm³/mol. The highest BCUT2D eigenvalue weighted by Gasteiger charge is 2.39. The molecule has 1 aromatic rings. The summed E-state index contributed by atoms with van der Waals surface area (Å²) < 4.78 is 5.89. The summed E-state index contributed by atoms with van der Waals surface area (Å²) in [6.07, 6.45) is 11.2. The van der Waals surface area contributed by atoms with E-state index >= 15 is 0 Å². The zero-order chi connectivity index (χ0) is 18.8. The van der Waals surface area contributed by atoms with Crippen LogP contribution in [0.4, 0.5) is 0 Å². The Morgan fingerprint density at radius 3 is 2.59 bits per heavy atom. The second-order valence-corrected chi connectivity index (χ2v) is 7.76. The van der Waals surface area contributed by atoms with Gasteiger partial charge in [0.05, 0.1) is 5.57 Å². The van der Waals surface area contributed by atoms with E-state index in [0.717, 1.165) is 61.1 Å². The normalized spacial score (nSPS) is 23.7. The summed E-state index contributed by atoms with van der Waals surface area (Å²) in [6.45, 7) is 1.92. The van der Waals surface area contributed by atoms with Gasteiger partial charge in [-0.2, -0.15) is 0 Å². The van der Waals surface area contributed by atoms with E-state index in [1.165, 1.54) is 6.42 Å². The van der Waals surface area contributed by atoms with Gasteiger partial charge in [0, 0.05) is 41.4 Å². The van der Waals surface area contributed by atoms with Gasteiger partial charge in [-0.1, -0.05) is 6.42 Å². The first-order chi connectivity index (χ1) is 13.1. The Kier molecular flexibility index (Phi) is 5.10. The van der Waals surface area contributed by atoms with E-state index in [4.69, 9.17) is 4.74 Å². The molecule has 27 heavy (non-hydrogen) atoms. The minimum absolute atomic E-state index is 0.00580. The number of hydrogen-bond donors (Lipinski definition) is 1. The molecule has 5 nitrogen and oxygen atoms in total. The highest BCUT2D eigenvalue weighted by Crippen LogP contribution is 2.42. The first kappa shape index (κ1) is 18.0. The highest BCUT2D eigenvalue weighted by molar-refractivity contribution is 6.03. The van der Waals surface area contributed by atoms with Gasteiger partial charge in [0.15, 0.2) is 18.2 Å². The summed E-state index contributed by atoms with van der Waals surface area (Å²) in [5, 5.41) is 3.35.